The lowest BCUT2D eigenvalue weighted by atomic mass is 10.4. The van der Waals surface area contributed by atoms with Crippen LogP contribution < -0.4 is 9.79 Å². The Labute approximate surface area is 82.4 Å². The van der Waals surface area contributed by atoms with E-state index in [9.17, 15) is 37.5 Å². The Morgan fingerprint density at radius 3 is 2.13 bits per heavy atom. The molecule has 90 valence electrons. The van der Waals surface area contributed by atoms with Crippen LogP contribution >= 0.6 is 7.60 Å². The van der Waals surface area contributed by atoms with Gasteiger partial charge in [0.1, 0.15) is 0 Å². The maximum absolute atomic E-state index is 11.6. The zero-order chi connectivity index (χ0) is 12.3. The molecule has 0 spiro atoms. The standard InChI is InChI=1S/C5H8F3NO5P/c6-5(7,8)4(10)9(11)2-1-3-15(12,13)14/h1-3H2,(H2,12,13,14)/q-1/p-2. The van der Waals surface area contributed by atoms with E-state index in [1.54, 1.807) is 0 Å². The second-order valence-corrected chi connectivity index (χ2v) is 4.26. The highest BCUT2D eigenvalue weighted by molar-refractivity contribution is 7.48. The van der Waals surface area contributed by atoms with E-state index < -0.39 is 43.9 Å². The third-order valence-corrected chi connectivity index (χ3v) is 2.13. The van der Waals surface area contributed by atoms with Gasteiger partial charge in [-0.3, -0.25) is 4.79 Å². The van der Waals surface area contributed by atoms with Crippen LogP contribution in [0.5, 0.6) is 0 Å². The number of halogens is 3. The van der Waals surface area contributed by atoms with Crippen LogP contribution in [0.15, 0.2) is 0 Å². The molecule has 0 rings (SSSR count). The van der Waals surface area contributed by atoms with Crippen LogP contribution in [-0.4, -0.2) is 29.9 Å². The number of alkyl halides is 3. The summed E-state index contributed by atoms with van der Waals surface area (Å²) in [7, 11) is -4.85. The first-order valence-corrected chi connectivity index (χ1v) is 5.34. The van der Waals surface area contributed by atoms with Gasteiger partial charge in [-0.2, -0.15) is 13.2 Å². The fourth-order valence-electron chi connectivity index (χ4n) is 0.651. The van der Waals surface area contributed by atoms with E-state index in [4.69, 9.17) is 0 Å². The molecule has 6 nitrogen and oxygen atoms in total. The predicted molar refractivity (Wildman–Crippen MR) is 38.2 cm³/mol. The summed E-state index contributed by atoms with van der Waals surface area (Å²) in [6.45, 7) is -0.979. The van der Waals surface area contributed by atoms with Crippen LogP contribution in [0, 0.1) is 5.21 Å². The fourth-order valence-corrected chi connectivity index (χ4v) is 1.18. The highest BCUT2D eigenvalue weighted by Crippen LogP contribution is 2.24. The Hall–Kier alpha value is -0.630. The van der Waals surface area contributed by atoms with Gasteiger partial charge in [0.25, 0.3) is 0 Å². The number of amides is 1. The summed E-state index contributed by atoms with van der Waals surface area (Å²) in [5, 5.41) is 9.51. The molecule has 0 aliphatic carbocycles. The molecule has 15 heavy (non-hydrogen) atoms. The minimum Gasteiger partial charge on any atom is -0.811 e. The van der Waals surface area contributed by atoms with Gasteiger partial charge in [0, 0.05) is 6.54 Å². The van der Waals surface area contributed by atoms with Gasteiger partial charge in [-0.05, 0) is 12.6 Å². The van der Waals surface area contributed by atoms with Gasteiger partial charge in [-0.15, -0.1) is 0 Å². The van der Waals surface area contributed by atoms with Crippen molar-refractivity contribution in [2.75, 3.05) is 12.7 Å². The van der Waals surface area contributed by atoms with Crippen molar-refractivity contribution in [2.45, 2.75) is 12.6 Å². The molecule has 10 heteroatoms. The van der Waals surface area contributed by atoms with Crippen molar-refractivity contribution in [1.29, 1.82) is 0 Å². The number of rotatable bonds is 4. The van der Waals surface area contributed by atoms with Gasteiger partial charge in [-0.1, -0.05) is 7.60 Å². The second-order valence-electron chi connectivity index (χ2n) is 2.59. The maximum Gasteiger partial charge on any atom is 0.470 e. The summed E-state index contributed by atoms with van der Waals surface area (Å²) in [5.41, 5.74) is 0. The Morgan fingerprint density at radius 2 is 1.80 bits per heavy atom. The van der Waals surface area contributed by atoms with Crippen LogP contribution in [0.3, 0.4) is 0 Å². The quantitative estimate of drug-likeness (QED) is 0.477. The van der Waals surface area contributed by atoms with Crippen molar-refractivity contribution in [3.8, 4) is 0 Å². The number of hydroxylamine groups is 2. The minimum atomic E-state index is -5.29. The van der Waals surface area contributed by atoms with Crippen molar-refractivity contribution in [3.05, 3.63) is 5.21 Å². The zero-order valence-corrected chi connectivity index (χ0v) is 8.09. The number of carbonyl (C=O) groups is 1. The molecule has 0 saturated heterocycles. The van der Waals surface area contributed by atoms with Crippen LogP contribution in [-0.2, 0) is 9.36 Å². The molecule has 0 radical (unpaired) electrons. The molecule has 0 N–H and O–H groups in total. The molecule has 0 saturated carbocycles. The predicted octanol–water partition coefficient (Wildman–Crippen LogP) is -0.821. The number of hydrogen-bond donors (Lipinski definition) is 0. The van der Waals surface area contributed by atoms with Gasteiger partial charge in [0.2, 0.25) is 0 Å². The number of nitrogens with zero attached hydrogens (tertiary/aromatic N) is 1. The van der Waals surface area contributed by atoms with Crippen molar-refractivity contribution < 1.29 is 32.3 Å². The first-order valence-electron chi connectivity index (χ1n) is 3.61. The molecule has 0 aromatic rings. The molecule has 0 aromatic heterocycles. The summed E-state index contributed by atoms with van der Waals surface area (Å²) in [5.74, 6) is -2.62. The molecular weight excluding hydrogens is 242 g/mol. The van der Waals surface area contributed by atoms with Crippen molar-refractivity contribution >= 4 is 13.5 Å². The molecule has 1 amide bonds. The molecule has 0 unspecified atom stereocenters. The van der Waals surface area contributed by atoms with E-state index in [-0.39, 0.29) is 0 Å². The van der Waals surface area contributed by atoms with E-state index in [0.29, 0.717) is 0 Å². The van der Waals surface area contributed by atoms with Gasteiger partial charge >= 0.3 is 12.1 Å². The molecule has 0 atom stereocenters. The smallest absolute Gasteiger partial charge is 0.470 e. The Balaban J connectivity index is 4.01. The van der Waals surface area contributed by atoms with Gasteiger partial charge in [0.15, 0.2) is 0 Å². The Bertz CT molecular complexity index is 274. The first kappa shape index (κ1) is 14.4. The molecular formula is C5H6F3NO5P-3. The van der Waals surface area contributed by atoms with Gasteiger partial charge in [-0.25, -0.2) is 0 Å². The van der Waals surface area contributed by atoms with Crippen molar-refractivity contribution in [2.24, 2.45) is 0 Å². The first-order chi connectivity index (χ1) is 6.54. The van der Waals surface area contributed by atoms with Gasteiger partial charge in [0.05, 0.1) is 0 Å². The Kier molecular flexibility index (Phi) is 4.72. The second kappa shape index (κ2) is 4.93. The number of hydrogen-bond acceptors (Lipinski definition) is 5. The molecule has 0 aliphatic heterocycles. The van der Waals surface area contributed by atoms with Crippen LogP contribution in [0.4, 0.5) is 13.2 Å². The van der Waals surface area contributed by atoms with Crippen LogP contribution in [0.2, 0.25) is 0 Å². The SMILES string of the molecule is O=C(N([O-])CCCP(=O)([O-])[O-])C(F)(F)F. The highest BCUT2D eigenvalue weighted by Gasteiger charge is 2.39. The fraction of sp³-hybridized carbons (Fsp3) is 0.800. The summed E-state index contributed by atoms with van der Waals surface area (Å²) < 4.78 is 44.8. The lowest BCUT2D eigenvalue weighted by Crippen LogP contribution is -2.38. The average molecular weight is 248 g/mol. The normalized spacial score (nSPS) is 12.7. The van der Waals surface area contributed by atoms with E-state index in [0.717, 1.165) is 0 Å². The lowest BCUT2D eigenvalue weighted by Gasteiger charge is -2.33. The lowest BCUT2D eigenvalue weighted by molar-refractivity contribution is -0.313. The molecule has 0 heterocycles. The third-order valence-electron chi connectivity index (χ3n) is 1.26. The molecule has 0 aromatic carbocycles. The van der Waals surface area contributed by atoms with Gasteiger partial charge < -0.3 is 24.6 Å². The van der Waals surface area contributed by atoms with Crippen molar-refractivity contribution in [3.63, 3.8) is 0 Å². The topological polar surface area (TPSA) is 107 Å². The summed E-state index contributed by atoms with van der Waals surface area (Å²) in [6.07, 6.45) is -6.87. The molecule has 0 aliphatic rings. The summed E-state index contributed by atoms with van der Waals surface area (Å²) in [6, 6.07) is 0. The summed E-state index contributed by atoms with van der Waals surface area (Å²) in [4.78, 5) is 30.2. The monoisotopic (exact) mass is 248 g/mol. The van der Waals surface area contributed by atoms with Crippen LogP contribution in [0.1, 0.15) is 6.42 Å². The van der Waals surface area contributed by atoms with Crippen LogP contribution in [0.25, 0.3) is 0 Å². The Morgan fingerprint density at radius 1 is 1.33 bits per heavy atom. The number of carbonyl (C=O) groups excluding carboxylic acids is 1. The average Bonchev–Trinajstić information content (AvgIpc) is 1.98. The van der Waals surface area contributed by atoms with E-state index in [1.807, 2.05) is 0 Å². The summed E-state index contributed by atoms with van der Waals surface area (Å²) >= 11 is 0. The molecule has 0 bridgehead atoms. The molecule has 0 fully saturated rings. The third kappa shape index (κ3) is 6.45. The largest absolute Gasteiger partial charge is 0.811 e. The van der Waals surface area contributed by atoms with E-state index in [1.165, 1.54) is 0 Å². The zero-order valence-electron chi connectivity index (χ0n) is 7.19. The van der Waals surface area contributed by atoms with Crippen molar-refractivity contribution in [1.82, 2.24) is 5.06 Å². The highest BCUT2D eigenvalue weighted by atomic mass is 31.2. The van der Waals surface area contributed by atoms with E-state index >= 15 is 0 Å². The minimum absolute atomic E-state index is 0.615. The maximum atomic E-state index is 11.6. The van der Waals surface area contributed by atoms with E-state index in [2.05, 4.69) is 0 Å².